The van der Waals surface area contributed by atoms with Gasteiger partial charge in [-0.2, -0.15) is 0 Å². The van der Waals surface area contributed by atoms with Crippen LogP contribution in [0.25, 0.3) is 0 Å². The maximum atomic E-state index is 12.5. The Morgan fingerprint density at radius 1 is 1.17 bits per heavy atom. The van der Waals surface area contributed by atoms with Crippen LogP contribution in [0.5, 0.6) is 0 Å². The van der Waals surface area contributed by atoms with Crippen LogP contribution >= 0.6 is 0 Å². The number of aromatic nitrogens is 2. The molecular formula is C21H27N5O3. The van der Waals surface area contributed by atoms with E-state index in [0.717, 1.165) is 5.56 Å². The molecule has 1 atom stereocenters. The molecule has 1 aromatic carbocycles. The molecule has 8 heteroatoms. The van der Waals surface area contributed by atoms with Crippen LogP contribution in [0, 0.1) is 0 Å². The molecule has 1 fully saturated rings. The van der Waals surface area contributed by atoms with Crippen molar-refractivity contribution >= 4 is 17.9 Å². The molecule has 8 nitrogen and oxygen atoms in total. The fourth-order valence-corrected chi connectivity index (χ4v) is 3.23. The van der Waals surface area contributed by atoms with E-state index in [1.165, 1.54) is 12.4 Å². The lowest BCUT2D eigenvalue weighted by Crippen LogP contribution is -2.46. The van der Waals surface area contributed by atoms with Crippen molar-refractivity contribution in [3.05, 3.63) is 53.9 Å². The topological polar surface area (TPSA) is 96.5 Å². The van der Waals surface area contributed by atoms with Gasteiger partial charge in [-0.1, -0.05) is 30.3 Å². The monoisotopic (exact) mass is 397 g/mol. The first kappa shape index (κ1) is 20.6. The summed E-state index contributed by atoms with van der Waals surface area (Å²) in [7, 11) is 0. The lowest BCUT2D eigenvalue weighted by Gasteiger charge is -2.31. The predicted octanol–water partition coefficient (Wildman–Crippen LogP) is 3.00. The highest BCUT2D eigenvalue weighted by molar-refractivity contribution is 5.93. The molecule has 3 rings (SSSR count). The number of benzene rings is 1. The molecule has 0 spiro atoms. The number of carbonyl (C=O) groups excluding carboxylic acids is 2. The lowest BCUT2D eigenvalue weighted by atomic mass is 10.1. The van der Waals surface area contributed by atoms with Gasteiger partial charge < -0.3 is 20.3 Å². The predicted molar refractivity (Wildman–Crippen MR) is 110 cm³/mol. The number of ether oxygens (including phenoxy) is 1. The van der Waals surface area contributed by atoms with Gasteiger partial charge in [0.1, 0.15) is 0 Å². The third-order valence-corrected chi connectivity index (χ3v) is 4.92. The normalized spacial score (nSPS) is 15.4. The first-order valence-corrected chi connectivity index (χ1v) is 9.93. The zero-order valence-corrected chi connectivity index (χ0v) is 16.8. The zero-order chi connectivity index (χ0) is 20.6. The summed E-state index contributed by atoms with van der Waals surface area (Å²) in [4.78, 5) is 34.4. The number of nitrogens with zero attached hydrogens (tertiary/aromatic N) is 3. The minimum absolute atomic E-state index is 0.0177. The van der Waals surface area contributed by atoms with E-state index in [4.69, 9.17) is 4.74 Å². The summed E-state index contributed by atoms with van der Waals surface area (Å²) < 4.78 is 5.01. The fourth-order valence-electron chi connectivity index (χ4n) is 3.23. The highest BCUT2D eigenvalue weighted by Gasteiger charge is 2.25. The van der Waals surface area contributed by atoms with Crippen LogP contribution in [0.15, 0.2) is 42.7 Å². The van der Waals surface area contributed by atoms with Crippen molar-refractivity contribution in [3.8, 4) is 0 Å². The third kappa shape index (κ3) is 5.66. The van der Waals surface area contributed by atoms with E-state index in [1.807, 2.05) is 37.3 Å². The molecule has 0 saturated carbocycles. The Morgan fingerprint density at radius 3 is 2.45 bits per heavy atom. The van der Waals surface area contributed by atoms with Gasteiger partial charge in [-0.3, -0.25) is 4.79 Å². The van der Waals surface area contributed by atoms with Crippen molar-refractivity contribution < 1.29 is 14.3 Å². The van der Waals surface area contributed by atoms with Gasteiger partial charge in [0.05, 0.1) is 18.2 Å². The van der Waals surface area contributed by atoms with Crippen LogP contribution in [0.4, 0.5) is 10.7 Å². The first-order chi connectivity index (χ1) is 14.1. The van der Waals surface area contributed by atoms with Gasteiger partial charge in [-0.15, -0.1) is 0 Å². The second kappa shape index (κ2) is 9.86. The minimum Gasteiger partial charge on any atom is -0.450 e. The van der Waals surface area contributed by atoms with E-state index in [2.05, 4.69) is 20.6 Å². The highest BCUT2D eigenvalue weighted by Crippen LogP contribution is 2.16. The summed E-state index contributed by atoms with van der Waals surface area (Å²) in [5.74, 6) is 0.267. The molecule has 2 N–H and O–H groups in total. The number of hydrogen-bond donors (Lipinski definition) is 2. The van der Waals surface area contributed by atoms with Gasteiger partial charge in [-0.25, -0.2) is 14.8 Å². The van der Waals surface area contributed by atoms with Gasteiger partial charge >= 0.3 is 6.09 Å². The van der Waals surface area contributed by atoms with Crippen molar-refractivity contribution in [2.75, 3.05) is 25.0 Å². The molecular weight excluding hydrogens is 370 g/mol. The van der Waals surface area contributed by atoms with E-state index in [-0.39, 0.29) is 24.1 Å². The second-order valence-electron chi connectivity index (χ2n) is 7.01. The second-order valence-corrected chi connectivity index (χ2v) is 7.01. The molecule has 154 valence electrons. The molecule has 1 aliphatic rings. The van der Waals surface area contributed by atoms with Crippen LogP contribution < -0.4 is 10.6 Å². The number of anilines is 1. The molecule has 29 heavy (non-hydrogen) atoms. The third-order valence-electron chi connectivity index (χ3n) is 4.92. The summed E-state index contributed by atoms with van der Waals surface area (Å²) in [6, 6.07) is 10.1. The molecule has 1 unspecified atom stereocenters. The standard InChI is InChI=1S/C21H27N5O3/c1-3-29-21(28)26-11-9-18(10-12-26)25-19(27)17-13-22-20(23-14-17)24-15(2)16-7-5-4-6-8-16/h4-8,13-15,18H,3,9-12H2,1-2H3,(H,25,27)(H,22,23,24). The van der Waals surface area contributed by atoms with Crippen LogP contribution in [0.3, 0.4) is 0 Å². The Kier molecular flexibility index (Phi) is 6.99. The number of rotatable bonds is 6. The molecule has 2 amide bonds. The van der Waals surface area contributed by atoms with E-state index < -0.39 is 0 Å². The van der Waals surface area contributed by atoms with Gasteiger partial charge in [0.2, 0.25) is 5.95 Å². The highest BCUT2D eigenvalue weighted by atomic mass is 16.6. The molecule has 0 aliphatic carbocycles. The minimum atomic E-state index is -0.293. The molecule has 1 aliphatic heterocycles. The Bertz CT molecular complexity index is 805. The maximum absolute atomic E-state index is 12.5. The molecule has 1 aromatic heterocycles. The van der Waals surface area contributed by atoms with E-state index in [1.54, 1.807) is 11.8 Å². The number of carbonyl (C=O) groups is 2. The Hall–Kier alpha value is -3.16. The summed E-state index contributed by atoms with van der Waals surface area (Å²) in [6.07, 6.45) is 4.14. The SMILES string of the molecule is CCOC(=O)N1CCC(NC(=O)c2cnc(NC(C)c3ccccc3)nc2)CC1. The molecule has 0 radical (unpaired) electrons. The largest absolute Gasteiger partial charge is 0.450 e. The zero-order valence-electron chi connectivity index (χ0n) is 16.8. The fraction of sp³-hybridized carbons (Fsp3) is 0.429. The number of hydrogen-bond acceptors (Lipinski definition) is 6. The molecule has 2 heterocycles. The molecule has 2 aromatic rings. The van der Waals surface area contributed by atoms with Gasteiger partial charge in [-0.05, 0) is 32.3 Å². The van der Waals surface area contributed by atoms with Crippen LogP contribution in [0.2, 0.25) is 0 Å². The van der Waals surface area contributed by atoms with Gasteiger partial charge in [0.25, 0.3) is 5.91 Å². The van der Waals surface area contributed by atoms with Gasteiger partial charge in [0, 0.05) is 31.5 Å². The summed E-state index contributed by atoms with van der Waals surface area (Å²) in [5, 5.41) is 6.22. The van der Waals surface area contributed by atoms with Crippen molar-refractivity contribution in [1.29, 1.82) is 0 Å². The average molecular weight is 397 g/mol. The number of nitrogens with one attached hydrogen (secondary N) is 2. The quantitative estimate of drug-likeness (QED) is 0.778. The number of amides is 2. The van der Waals surface area contributed by atoms with E-state index >= 15 is 0 Å². The van der Waals surface area contributed by atoms with Crippen LogP contribution in [0.1, 0.15) is 48.7 Å². The Morgan fingerprint density at radius 2 is 1.83 bits per heavy atom. The van der Waals surface area contributed by atoms with Gasteiger partial charge in [0.15, 0.2) is 0 Å². The smallest absolute Gasteiger partial charge is 0.409 e. The summed E-state index contributed by atoms with van der Waals surface area (Å²) >= 11 is 0. The molecule has 1 saturated heterocycles. The lowest BCUT2D eigenvalue weighted by molar-refractivity contribution is 0.0859. The first-order valence-electron chi connectivity index (χ1n) is 9.93. The van der Waals surface area contributed by atoms with Crippen molar-refractivity contribution in [2.45, 2.75) is 38.8 Å². The van der Waals surface area contributed by atoms with E-state index in [9.17, 15) is 9.59 Å². The average Bonchev–Trinajstić information content (AvgIpc) is 2.75. The van der Waals surface area contributed by atoms with Crippen molar-refractivity contribution in [1.82, 2.24) is 20.2 Å². The van der Waals surface area contributed by atoms with Crippen molar-refractivity contribution in [2.24, 2.45) is 0 Å². The summed E-state index contributed by atoms with van der Waals surface area (Å²) in [5.41, 5.74) is 1.54. The molecule has 0 bridgehead atoms. The Labute approximate surface area is 170 Å². The summed E-state index contributed by atoms with van der Waals surface area (Å²) in [6.45, 7) is 5.32. The number of likely N-dealkylation sites (tertiary alicyclic amines) is 1. The Balaban J connectivity index is 1.49. The van der Waals surface area contributed by atoms with E-state index in [0.29, 0.717) is 44.0 Å². The van der Waals surface area contributed by atoms with Crippen LogP contribution in [-0.2, 0) is 4.74 Å². The number of piperidine rings is 1. The maximum Gasteiger partial charge on any atom is 0.409 e. The van der Waals surface area contributed by atoms with Crippen molar-refractivity contribution in [3.63, 3.8) is 0 Å². The van der Waals surface area contributed by atoms with Crippen LogP contribution in [-0.4, -0.2) is 52.6 Å².